The minimum atomic E-state index is -0.182. The van der Waals surface area contributed by atoms with E-state index in [0.29, 0.717) is 28.9 Å². The van der Waals surface area contributed by atoms with Crippen LogP contribution in [0.5, 0.6) is 0 Å². The Kier molecular flexibility index (Phi) is 5.02. The van der Waals surface area contributed by atoms with Gasteiger partial charge in [0.25, 0.3) is 5.56 Å². The molecule has 7 nitrogen and oxygen atoms in total. The van der Waals surface area contributed by atoms with Gasteiger partial charge in [-0.05, 0) is 57.6 Å². The van der Waals surface area contributed by atoms with Crippen molar-refractivity contribution in [3.05, 3.63) is 51.2 Å². The summed E-state index contributed by atoms with van der Waals surface area (Å²) in [5.74, 6) is 0.689. The van der Waals surface area contributed by atoms with Gasteiger partial charge < -0.3 is 9.64 Å². The number of pyridine rings is 1. The van der Waals surface area contributed by atoms with E-state index in [-0.39, 0.29) is 16.7 Å². The summed E-state index contributed by atoms with van der Waals surface area (Å²) in [4.78, 5) is 24.4. The molecule has 7 heteroatoms. The van der Waals surface area contributed by atoms with Gasteiger partial charge in [-0.2, -0.15) is 0 Å². The van der Waals surface area contributed by atoms with Gasteiger partial charge in [-0.25, -0.2) is 4.98 Å². The minimum Gasteiger partial charge on any atom is -0.378 e. The summed E-state index contributed by atoms with van der Waals surface area (Å²) in [6.07, 6.45) is 5.26. The van der Waals surface area contributed by atoms with Gasteiger partial charge in [0, 0.05) is 37.6 Å². The first-order valence-electron chi connectivity index (χ1n) is 10.3. The average Bonchev–Trinajstić information content (AvgIpc) is 3.06. The third-order valence-corrected chi connectivity index (χ3v) is 6.48. The summed E-state index contributed by atoms with van der Waals surface area (Å²) in [5, 5.41) is 8.61. The smallest absolute Gasteiger partial charge is 0.264 e. The number of aromatic nitrogens is 3. The van der Waals surface area contributed by atoms with Crippen LogP contribution in [0.15, 0.2) is 23.1 Å². The van der Waals surface area contributed by atoms with Crippen LogP contribution in [0.4, 0.5) is 5.95 Å². The standard InChI is InChI=1S/C22H29N5O2/c1-14-12-22(13-29-14)7-10-27(11-8-22)21-25-16(3)18(20(28)26(21)4)19(23)17-6-5-9-24-15(17)2/h5-6,9,14,23H,7-8,10-13H2,1-4H3/t14-/m0/s1. The quantitative estimate of drug-likeness (QED) is 0.808. The Balaban J connectivity index is 1.62. The van der Waals surface area contributed by atoms with Gasteiger partial charge in [-0.1, -0.05) is 0 Å². The first-order chi connectivity index (χ1) is 13.8. The van der Waals surface area contributed by atoms with Crippen LogP contribution in [0.1, 0.15) is 48.7 Å². The number of ether oxygens (including phenoxy) is 1. The van der Waals surface area contributed by atoms with Crippen molar-refractivity contribution in [3.8, 4) is 0 Å². The van der Waals surface area contributed by atoms with Crippen LogP contribution in [0, 0.1) is 24.7 Å². The molecular weight excluding hydrogens is 366 g/mol. The molecule has 2 aromatic heterocycles. The largest absolute Gasteiger partial charge is 0.378 e. The van der Waals surface area contributed by atoms with Gasteiger partial charge in [0.15, 0.2) is 0 Å². The van der Waals surface area contributed by atoms with Crippen LogP contribution >= 0.6 is 0 Å². The number of rotatable bonds is 3. The number of aryl methyl sites for hydroxylation is 2. The lowest BCUT2D eigenvalue weighted by molar-refractivity contribution is 0.0974. The molecule has 2 saturated heterocycles. The van der Waals surface area contributed by atoms with Gasteiger partial charge in [0.1, 0.15) is 0 Å². The van der Waals surface area contributed by atoms with E-state index in [2.05, 4.69) is 16.8 Å². The third-order valence-electron chi connectivity index (χ3n) is 6.48. The average molecular weight is 396 g/mol. The molecule has 0 radical (unpaired) electrons. The van der Waals surface area contributed by atoms with Gasteiger partial charge >= 0.3 is 0 Å². The fourth-order valence-electron chi connectivity index (χ4n) is 4.72. The lowest BCUT2D eigenvalue weighted by Gasteiger charge is -2.39. The second kappa shape index (κ2) is 7.37. The van der Waals surface area contributed by atoms with E-state index < -0.39 is 0 Å². The molecule has 0 amide bonds. The molecule has 0 aliphatic carbocycles. The maximum Gasteiger partial charge on any atom is 0.264 e. The molecule has 4 rings (SSSR count). The SMILES string of the molecule is Cc1ncccc1C(=N)c1c(C)nc(N2CCC3(CC2)CO[C@@H](C)C3)n(C)c1=O. The first-order valence-corrected chi connectivity index (χ1v) is 10.3. The molecule has 1 N–H and O–H groups in total. The van der Waals surface area contributed by atoms with Crippen molar-refractivity contribution >= 4 is 11.7 Å². The molecule has 0 aromatic carbocycles. The van der Waals surface area contributed by atoms with Crippen LogP contribution in [0.2, 0.25) is 0 Å². The molecule has 154 valence electrons. The molecule has 1 atom stereocenters. The Morgan fingerprint density at radius 3 is 2.62 bits per heavy atom. The van der Waals surface area contributed by atoms with Gasteiger partial charge in [-0.3, -0.25) is 19.8 Å². The predicted molar refractivity (Wildman–Crippen MR) is 113 cm³/mol. The lowest BCUT2D eigenvalue weighted by atomic mass is 9.77. The molecule has 2 aliphatic heterocycles. The van der Waals surface area contributed by atoms with E-state index in [9.17, 15) is 4.79 Å². The molecule has 0 saturated carbocycles. The molecule has 0 bridgehead atoms. The van der Waals surface area contributed by atoms with E-state index in [4.69, 9.17) is 15.1 Å². The lowest BCUT2D eigenvalue weighted by Crippen LogP contribution is -2.43. The van der Waals surface area contributed by atoms with Crippen molar-refractivity contribution in [2.24, 2.45) is 12.5 Å². The Morgan fingerprint density at radius 2 is 2.00 bits per heavy atom. The predicted octanol–water partition coefficient (Wildman–Crippen LogP) is 2.60. The second-order valence-electron chi connectivity index (χ2n) is 8.56. The van der Waals surface area contributed by atoms with E-state index in [1.54, 1.807) is 23.9 Å². The van der Waals surface area contributed by atoms with Crippen molar-refractivity contribution in [1.29, 1.82) is 5.41 Å². The maximum atomic E-state index is 13.2. The summed E-state index contributed by atoms with van der Waals surface area (Å²) >= 11 is 0. The zero-order chi connectivity index (χ0) is 20.8. The van der Waals surface area contributed by atoms with E-state index >= 15 is 0 Å². The highest BCUT2D eigenvalue weighted by molar-refractivity contribution is 6.11. The maximum absolute atomic E-state index is 13.2. The monoisotopic (exact) mass is 395 g/mol. The summed E-state index contributed by atoms with van der Waals surface area (Å²) in [7, 11) is 1.75. The van der Waals surface area contributed by atoms with Crippen molar-refractivity contribution < 1.29 is 4.74 Å². The third kappa shape index (κ3) is 3.48. The Hall–Kier alpha value is -2.54. The minimum absolute atomic E-state index is 0.182. The summed E-state index contributed by atoms with van der Waals surface area (Å²) in [6, 6.07) is 3.61. The first kappa shape index (κ1) is 19.8. The Labute approximate surface area is 171 Å². The zero-order valence-electron chi connectivity index (χ0n) is 17.7. The number of nitrogens with zero attached hydrogens (tertiary/aromatic N) is 4. The van der Waals surface area contributed by atoms with Gasteiger partial charge in [0.05, 0.1) is 29.7 Å². The van der Waals surface area contributed by atoms with E-state index in [1.165, 1.54) is 0 Å². The van der Waals surface area contributed by atoms with Crippen LogP contribution in [0.25, 0.3) is 0 Å². The number of hydrogen-bond acceptors (Lipinski definition) is 6. The highest BCUT2D eigenvalue weighted by Gasteiger charge is 2.41. The number of nitrogens with one attached hydrogen (secondary N) is 1. The normalized spacial score (nSPS) is 21.0. The highest BCUT2D eigenvalue weighted by Crippen LogP contribution is 2.42. The molecule has 1 spiro atoms. The molecule has 4 heterocycles. The summed E-state index contributed by atoms with van der Waals surface area (Å²) in [6.45, 7) is 8.39. The molecular formula is C22H29N5O2. The zero-order valence-corrected chi connectivity index (χ0v) is 17.7. The van der Waals surface area contributed by atoms with Gasteiger partial charge in [0.2, 0.25) is 5.95 Å². The summed E-state index contributed by atoms with van der Waals surface area (Å²) < 4.78 is 7.42. The fraction of sp³-hybridized carbons (Fsp3) is 0.545. The number of hydrogen-bond donors (Lipinski definition) is 1. The summed E-state index contributed by atoms with van der Waals surface area (Å²) in [5.41, 5.74) is 2.62. The van der Waals surface area contributed by atoms with E-state index in [0.717, 1.165) is 44.7 Å². The van der Waals surface area contributed by atoms with Crippen molar-refractivity contribution in [2.75, 3.05) is 24.6 Å². The molecule has 2 fully saturated rings. The topological polar surface area (TPSA) is 84.1 Å². The number of anilines is 1. The van der Waals surface area contributed by atoms with Crippen molar-refractivity contribution in [2.45, 2.75) is 46.1 Å². The number of piperidine rings is 1. The molecule has 0 unspecified atom stereocenters. The Bertz CT molecular complexity index is 1000. The molecule has 2 aliphatic rings. The fourth-order valence-corrected chi connectivity index (χ4v) is 4.72. The van der Waals surface area contributed by atoms with Crippen molar-refractivity contribution in [1.82, 2.24) is 14.5 Å². The van der Waals surface area contributed by atoms with Crippen molar-refractivity contribution in [3.63, 3.8) is 0 Å². The van der Waals surface area contributed by atoms with E-state index in [1.807, 2.05) is 19.9 Å². The molecule has 2 aromatic rings. The van der Waals surface area contributed by atoms with Crippen LogP contribution in [-0.4, -0.2) is 46.0 Å². The van der Waals surface area contributed by atoms with Crippen LogP contribution in [0.3, 0.4) is 0 Å². The molecule has 29 heavy (non-hydrogen) atoms. The van der Waals surface area contributed by atoms with Crippen LogP contribution in [-0.2, 0) is 11.8 Å². The highest BCUT2D eigenvalue weighted by atomic mass is 16.5. The second-order valence-corrected chi connectivity index (χ2v) is 8.56. The Morgan fingerprint density at radius 1 is 1.28 bits per heavy atom. The van der Waals surface area contributed by atoms with Gasteiger partial charge in [-0.15, -0.1) is 0 Å². The van der Waals surface area contributed by atoms with Crippen LogP contribution < -0.4 is 10.5 Å².